The van der Waals surface area contributed by atoms with Crippen molar-refractivity contribution in [1.82, 2.24) is 0 Å². The molecule has 4 nitrogen and oxygen atoms in total. The van der Waals surface area contributed by atoms with E-state index in [2.05, 4.69) is 4.72 Å². The molecule has 0 atom stereocenters. The van der Waals surface area contributed by atoms with Crippen LogP contribution in [0.3, 0.4) is 0 Å². The molecule has 78 valence electrons. The average Bonchev–Trinajstić information content (AvgIpc) is 2.06. The number of nitrogens with one attached hydrogen (secondary N) is 1. The predicted molar refractivity (Wildman–Crippen MR) is 57.7 cm³/mol. The van der Waals surface area contributed by atoms with E-state index >= 15 is 0 Å². The second kappa shape index (κ2) is 4.43. The minimum Gasteiger partial charge on any atom is -0.330 e. The van der Waals surface area contributed by atoms with Gasteiger partial charge in [0.2, 0.25) is 10.0 Å². The third kappa shape index (κ3) is 3.76. The first kappa shape index (κ1) is 11.0. The van der Waals surface area contributed by atoms with E-state index in [0.29, 0.717) is 12.2 Å². The zero-order valence-corrected chi connectivity index (χ0v) is 8.84. The van der Waals surface area contributed by atoms with Gasteiger partial charge in [-0.1, -0.05) is 12.1 Å². The fourth-order valence-electron chi connectivity index (χ4n) is 1.12. The lowest BCUT2D eigenvalue weighted by molar-refractivity contribution is 0.607. The maximum atomic E-state index is 10.9. The Balaban J connectivity index is 2.74. The van der Waals surface area contributed by atoms with E-state index in [1.54, 1.807) is 12.1 Å². The van der Waals surface area contributed by atoms with E-state index in [-0.39, 0.29) is 0 Å². The summed E-state index contributed by atoms with van der Waals surface area (Å²) in [7, 11) is -3.18. The molecule has 0 radical (unpaired) electrons. The van der Waals surface area contributed by atoms with Gasteiger partial charge in [-0.25, -0.2) is 8.42 Å². The minimum absolute atomic E-state index is 0.577. The van der Waals surface area contributed by atoms with E-state index in [0.717, 1.165) is 18.2 Å². The molecule has 1 aromatic rings. The average molecular weight is 214 g/mol. The van der Waals surface area contributed by atoms with Crippen LogP contribution in [0.15, 0.2) is 24.3 Å². The Hall–Kier alpha value is -1.07. The predicted octanol–water partition coefficient (Wildman–Crippen LogP) is 0.559. The summed E-state index contributed by atoms with van der Waals surface area (Å²) in [6, 6.07) is 7.18. The van der Waals surface area contributed by atoms with Gasteiger partial charge in [0.15, 0.2) is 0 Å². The molecule has 0 saturated heterocycles. The molecule has 0 fully saturated rings. The molecule has 14 heavy (non-hydrogen) atoms. The van der Waals surface area contributed by atoms with Crippen LogP contribution in [0.1, 0.15) is 5.56 Å². The van der Waals surface area contributed by atoms with Gasteiger partial charge < -0.3 is 5.73 Å². The quantitative estimate of drug-likeness (QED) is 0.769. The molecule has 1 rings (SSSR count). The van der Waals surface area contributed by atoms with Gasteiger partial charge in [-0.15, -0.1) is 0 Å². The van der Waals surface area contributed by atoms with Crippen molar-refractivity contribution in [1.29, 1.82) is 0 Å². The fourth-order valence-corrected chi connectivity index (χ4v) is 1.68. The van der Waals surface area contributed by atoms with Crippen LogP contribution in [0.4, 0.5) is 5.69 Å². The van der Waals surface area contributed by atoms with Crippen LogP contribution in [0.5, 0.6) is 0 Å². The van der Waals surface area contributed by atoms with E-state index in [4.69, 9.17) is 5.73 Å². The Morgan fingerprint density at radius 3 is 2.29 bits per heavy atom. The Labute approximate surface area is 84.2 Å². The molecule has 0 aliphatic rings. The van der Waals surface area contributed by atoms with Gasteiger partial charge in [-0.2, -0.15) is 0 Å². The summed E-state index contributed by atoms with van der Waals surface area (Å²) in [5, 5.41) is 0. The van der Waals surface area contributed by atoms with E-state index in [1.807, 2.05) is 12.1 Å². The highest BCUT2D eigenvalue weighted by Crippen LogP contribution is 2.10. The topological polar surface area (TPSA) is 72.2 Å². The maximum absolute atomic E-state index is 10.9. The number of benzene rings is 1. The molecule has 0 aromatic heterocycles. The first-order valence-corrected chi connectivity index (χ1v) is 6.17. The normalized spacial score (nSPS) is 11.3. The van der Waals surface area contributed by atoms with Crippen molar-refractivity contribution in [2.24, 2.45) is 5.73 Å². The summed E-state index contributed by atoms with van der Waals surface area (Å²) in [5.74, 6) is 0. The molecule has 5 heteroatoms. The standard InChI is InChI=1S/C9H14N2O2S/c1-14(12,13)11-9-4-2-8(3-5-9)6-7-10/h2-5,11H,6-7,10H2,1H3. The zero-order valence-electron chi connectivity index (χ0n) is 8.03. The first-order valence-electron chi connectivity index (χ1n) is 4.28. The molecular formula is C9H14N2O2S. The molecular weight excluding hydrogens is 200 g/mol. The van der Waals surface area contributed by atoms with E-state index in [1.165, 1.54) is 0 Å². The van der Waals surface area contributed by atoms with E-state index < -0.39 is 10.0 Å². The van der Waals surface area contributed by atoms with Crippen molar-refractivity contribution in [2.75, 3.05) is 17.5 Å². The molecule has 0 aliphatic carbocycles. The fraction of sp³-hybridized carbons (Fsp3) is 0.333. The number of sulfonamides is 1. The summed E-state index contributed by atoms with van der Waals surface area (Å²) in [5.41, 5.74) is 7.07. The molecule has 3 N–H and O–H groups in total. The monoisotopic (exact) mass is 214 g/mol. The molecule has 0 heterocycles. The Morgan fingerprint density at radius 1 is 1.29 bits per heavy atom. The van der Waals surface area contributed by atoms with Crippen molar-refractivity contribution in [2.45, 2.75) is 6.42 Å². The third-order valence-corrected chi connectivity index (χ3v) is 2.30. The lowest BCUT2D eigenvalue weighted by Gasteiger charge is -2.04. The largest absolute Gasteiger partial charge is 0.330 e. The minimum atomic E-state index is -3.18. The molecule has 0 aliphatic heterocycles. The van der Waals surface area contributed by atoms with Gasteiger partial charge >= 0.3 is 0 Å². The smallest absolute Gasteiger partial charge is 0.229 e. The lowest BCUT2D eigenvalue weighted by Crippen LogP contribution is -2.09. The van der Waals surface area contributed by atoms with Crippen LogP contribution in [-0.4, -0.2) is 21.2 Å². The molecule has 0 spiro atoms. The van der Waals surface area contributed by atoms with Crippen molar-refractivity contribution in [3.8, 4) is 0 Å². The second-order valence-corrected chi connectivity index (χ2v) is 4.86. The molecule has 1 aromatic carbocycles. The van der Waals surface area contributed by atoms with Crippen molar-refractivity contribution in [3.63, 3.8) is 0 Å². The van der Waals surface area contributed by atoms with Gasteiger partial charge in [0.25, 0.3) is 0 Å². The highest BCUT2D eigenvalue weighted by molar-refractivity contribution is 7.92. The number of hydrogen-bond acceptors (Lipinski definition) is 3. The molecule has 0 amide bonds. The van der Waals surface area contributed by atoms with Crippen LogP contribution in [-0.2, 0) is 16.4 Å². The van der Waals surface area contributed by atoms with E-state index in [9.17, 15) is 8.42 Å². The highest BCUT2D eigenvalue weighted by Gasteiger charge is 2.00. The van der Waals surface area contributed by atoms with Crippen LogP contribution in [0.2, 0.25) is 0 Å². The summed E-state index contributed by atoms with van der Waals surface area (Å²) in [6.07, 6.45) is 1.93. The highest BCUT2D eigenvalue weighted by atomic mass is 32.2. The van der Waals surface area contributed by atoms with Gasteiger partial charge in [0, 0.05) is 5.69 Å². The lowest BCUT2D eigenvalue weighted by atomic mass is 10.1. The van der Waals surface area contributed by atoms with Crippen LogP contribution < -0.4 is 10.5 Å². The number of rotatable bonds is 4. The SMILES string of the molecule is CS(=O)(=O)Nc1ccc(CCN)cc1. The molecule has 0 bridgehead atoms. The Bertz CT molecular complexity index is 384. The second-order valence-electron chi connectivity index (χ2n) is 3.11. The van der Waals surface area contributed by atoms with Crippen molar-refractivity contribution in [3.05, 3.63) is 29.8 Å². The summed E-state index contributed by atoms with van der Waals surface area (Å²) >= 11 is 0. The third-order valence-electron chi connectivity index (χ3n) is 1.69. The van der Waals surface area contributed by atoms with Gasteiger partial charge in [0.1, 0.15) is 0 Å². The Morgan fingerprint density at radius 2 is 1.86 bits per heavy atom. The first-order chi connectivity index (χ1) is 6.51. The Kier molecular flexibility index (Phi) is 3.49. The summed E-state index contributed by atoms with van der Waals surface area (Å²) in [6.45, 7) is 0.596. The van der Waals surface area contributed by atoms with Crippen LogP contribution in [0.25, 0.3) is 0 Å². The molecule has 0 saturated carbocycles. The van der Waals surface area contributed by atoms with Gasteiger partial charge in [0.05, 0.1) is 6.26 Å². The number of hydrogen-bond donors (Lipinski definition) is 2. The van der Waals surface area contributed by atoms with Gasteiger partial charge in [-0.3, -0.25) is 4.72 Å². The zero-order chi connectivity index (χ0) is 10.6. The van der Waals surface area contributed by atoms with Crippen LogP contribution >= 0.6 is 0 Å². The summed E-state index contributed by atoms with van der Waals surface area (Å²) < 4.78 is 24.2. The van der Waals surface area contributed by atoms with Crippen LogP contribution in [0, 0.1) is 0 Å². The summed E-state index contributed by atoms with van der Waals surface area (Å²) in [4.78, 5) is 0. The number of nitrogens with two attached hydrogens (primary N) is 1. The van der Waals surface area contributed by atoms with Gasteiger partial charge in [-0.05, 0) is 30.7 Å². The maximum Gasteiger partial charge on any atom is 0.229 e. The molecule has 0 unspecified atom stereocenters. The number of anilines is 1. The van der Waals surface area contributed by atoms with Crippen molar-refractivity contribution >= 4 is 15.7 Å². The van der Waals surface area contributed by atoms with Crippen molar-refractivity contribution < 1.29 is 8.42 Å².